The van der Waals surface area contributed by atoms with Gasteiger partial charge in [0, 0.05) is 18.5 Å². The smallest absolute Gasteiger partial charge is 0.315 e. The van der Waals surface area contributed by atoms with Crippen LogP contribution in [0.15, 0.2) is 0 Å². The summed E-state index contributed by atoms with van der Waals surface area (Å²) >= 11 is 0. The first-order valence-electron chi connectivity index (χ1n) is 4.94. The van der Waals surface area contributed by atoms with E-state index in [1.165, 1.54) is 0 Å². The molecule has 0 radical (unpaired) electrons. The molecule has 0 saturated carbocycles. The molecule has 2 nitrogen and oxygen atoms in total. The minimum atomic E-state index is -4.02. The summed E-state index contributed by atoms with van der Waals surface area (Å²) in [5.41, 5.74) is -0.00833. The second kappa shape index (κ2) is 4.49. The summed E-state index contributed by atoms with van der Waals surface area (Å²) < 4.78 is 35.4. The number of hydrogen-bond acceptors (Lipinski definition) is 2. The van der Waals surface area contributed by atoms with Crippen LogP contribution >= 0.6 is 0 Å². The number of halogens is 3. The summed E-state index contributed by atoms with van der Waals surface area (Å²) in [5.74, 6) is 0. The van der Waals surface area contributed by atoms with E-state index >= 15 is 0 Å². The summed E-state index contributed by atoms with van der Waals surface area (Å²) in [5, 5.41) is 6.35. The van der Waals surface area contributed by atoms with Crippen LogP contribution in [0.4, 0.5) is 13.2 Å². The van der Waals surface area contributed by atoms with E-state index in [1.807, 2.05) is 6.92 Å². The zero-order valence-corrected chi connectivity index (χ0v) is 8.38. The standard InChI is InChI=1S/C9H17F3N2/c1-8(4-6-13-7-8)14-5-2-3-9(10,11)12/h13-14H,2-7H2,1H3. The molecule has 2 N–H and O–H groups in total. The molecule has 0 aliphatic carbocycles. The molecule has 1 unspecified atom stereocenters. The Morgan fingerprint density at radius 2 is 2.14 bits per heavy atom. The summed E-state index contributed by atoms with van der Waals surface area (Å²) in [4.78, 5) is 0. The quantitative estimate of drug-likeness (QED) is 0.690. The van der Waals surface area contributed by atoms with Gasteiger partial charge in [0.25, 0.3) is 0 Å². The van der Waals surface area contributed by atoms with Crippen LogP contribution in [-0.4, -0.2) is 31.3 Å². The van der Waals surface area contributed by atoms with Gasteiger partial charge < -0.3 is 10.6 Å². The Balaban J connectivity index is 2.09. The number of hydrogen-bond donors (Lipinski definition) is 2. The maximum absolute atomic E-state index is 11.8. The Hall–Kier alpha value is -0.290. The fourth-order valence-electron chi connectivity index (χ4n) is 1.65. The van der Waals surface area contributed by atoms with Crippen LogP contribution in [0, 0.1) is 0 Å². The van der Waals surface area contributed by atoms with Crippen molar-refractivity contribution in [2.24, 2.45) is 0 Å². The van der Waals surface area contributed by atoms with Crippen molar-refractivity contribution in [1.82, 2.24) is 10.6 Å². The summed E-state index contributed by atoms with van der Waals surface area (Å²) in [6, 6.07) is 0. The van der Waals surface area contributed by atoms with Crippen LogP contribution < -0.4 is 10.6 Å². The molecule has 0 aromatic rings. The fraction of sp³-hybridized carbons (Fsp3) is 1.00. The van der Waals surface area contributed by atoms with Crippen molar-refractivity contribution >= 4 is 0 Å². The highest BCUT2D eigenvalue weighted by Gasteiger charge is 2.29. The Bertz CT molecular complexity index is 173. The van der Waals surface area contributed by atoms with Gasteiger partial charge in [-0.1, -0.05) is 0 Å². The summed E-state index contributed by atoms with van der Waals surface area (Å²) in [7, 11) is 0. The third kappa shape index (κ3) is 4.28. The van der Waals surface area contributed by atoms with Crippen molar-refractivity contribution < 1.29 is 13.2 Å². The zero-order valence-electron chi connectivity index (χ0n) is 8.38. The van der Waals surface area contributed by atoms with Crippen molar-refractivity contribution in [2.45, 2.75) is 37.9 Å². The van der Waals surface area contributed by atoms with Gasteiger partial charge in [0.15, 0.2) is 0 Å². The second-order valence-corrected chi connectivity index (χ2v) is 4.13. The van der Waals surface area contributed by atoms with Crippen LogP contribution in [0.5, 0.6) is 0 Å². The topological polar surface area (TPSA) is 24.1 Å². The third-order valence-electron chi connectivity index (χ3n) is 2.56. The van der Waals surface area contributed by atoms with Crippen LogP contribution in [-0.2, 0) is 0 Å². The van der Waals surface area contributed by atoms with E-state index in [0.717, 1.165) is 19.5 Å². The molecule has 0 aromatic heterocycles. The van der Waals surface area contributed by atoms with Crippen LogP contribution in [0.25, 0.3) is 0 Å². The molecule has 1 aliphatic heterocycles. The maximum atomic E-state index is 11.8. The molecule has 1 heterocycles. The van der Waals surface area contributed by atoms with E-state index in [1.54, 1.807) is 0 Å². The van der Waals surface area contributed by atoms with Crippen LogP contribution in [0.3, 0.4) is 0 Å². The van der Waals surface area contributed by atoms with Gasteiger partial charge in [-0.25, -0.2) is 0 Å². The molecular formula is C9H17F3N2. The lowest BCUT2D eigenvalue weighted by molar-refractivity contribution is -0.135. The van der Waals surface area contributed by atoms with E-state index in [-0.39, 0.29) is 12.0 Å². The van der Waals surface area contributed by atoms with Gasteiger partial charge in [0.2, 0.25) is 0 Å². The van der Waals surface area contributed by atoms with Crippen molar-refractivity contribution in [2.75, 3.05) is 19.6 Å². The molecule has 0 spiro atoms. The normalized spacial score (nSPS) is 28.3. The highest BCUT2D eigenvalue weighted by atomic mass is 19.4. The van der Waals surface area contributed by atoms with Gasteiger partial charge in [-0.2, -0.15) is 13.2 Å². The second-order valence-electron chi connectivity index (χ2n) is 4.13. The van der Waals surface area contributed by atoms with Crippen LogP contribution in [0.1, 0.15) is 26.2 Å². The molecule has 1 atom stereocenters. The minimum Gasteiger partial charge on any atom is -0.315 e. The molecule has 1 fully saturated rings. The Kier molecular flexibility index (Phi) is 3.78. The highest BCUT2D eigenvalue weighted by Crippen LogP contribution is 2.21. The molecule has 1 saturated heterocycles. The lowest BCUT2D eigenvalue weighted by Gasteiger charge is -2.24. The predicted octanol–water partition coefficient (Wildman–Crippen LogP) is 1.67. The van der Waals surface area contributed by atoms with Gasteiger partial charge >= 0.3 is 6.18 Å². The van der Waals surface area contributed by atoms with E-state index in [4.69, 9.17) is 0 Å². The monoisotopic (exact) mass is 210 g/mol. The van der Waals surface area contributed by atoms with E-state index in [0.29, 0.717) is 6.54 Å². The average molecular weight is 210 g/mol. The third-order valence-corrected chi connectivity index (χ3v) is 2.56. The summed E-state index contributed by atoms with van der Waals surface area (Å²) in [6.45, 7) is 4.28. The molecular weight excluding hydrogens is 193 g/mol. The van der Waals surface area contributed by atoms with Crippen LogP contribution in [0.2, 0.25) is 0 Å². The Morgan fingerprint density at radius 1 is 1.43 bits per heavy atom. The lowest BCUT2D eigenvalue weighted by Crippen LogP contribution is -2.44. The number of alkyl halides is 3. The first-order chi connectivity index (χ1) is 6.41. The van der Waals surface area contributed by atoms with Crippen molar-refractivity contribution in [3.05, 3.63) is 0 Å². The molecule has 0 bridgehead atoms. The van der Waals surface area contributed by atoms with Gasteiger partial charge in [-0.05, 0) is 32.9 Å². The van der Waals surface area contributed by atoms with Crippen molar-refractivity contribution in [3.63, 3.8) is 0 Å². The molecule has 1 aliphatic rings. The van der Waals surface area contributed by atoms with E-state index < -0.39 is 12.6 Å². The summed E-state index contributed by atoms with van der Waals surface area (Å²) in [6.07, 6.45) is -3.56. The largest absolute Gasteiger partial charge is 0.389 e. The van der Waals surface area contributed by atoms with Gasteiger partial charge in [0.1, 0.15) is 0 Å². The number of nitrogens with one attached hydrogen (secondary N) is 2. The molecule has 1 rings (SSSR count). The Morgan fingerprint density at radius 3 is 2.64 bits per heavy atom. The average Bonchev–Trinajstić information content (AvgIpc) is 2.45. The predicted molar refractivity (Wildman–Crippen MR) is 49.2 cm³/mol. The van der Waals surface area contributed by atoms with Gasteiger partial charge in [-0.15, -0.1) is 0 Å². The number of rotatable bonds is 4. The highest BCUT2D eigenvalue weighted by molar-refractivity contribution is 4.91. The molecule has 5 heteroatoms. The van der Waals surface area contributed by atoms with E-state index in [9.17, 15) is 13.2 Å². The zero-order chi connectivity index (χ0) is 10.7. The molecule has 84 valence electrons. The SMILES string of the molecule is CC1(NCCCC(F)(F)F)CCNC1. The molecule has 0 amide bonds. The van der Waals surface area contributed by atoms with Gasteiger partial charge in [-0.3, -0.25) is 0 Å². The van der Waals surface area contributed by atoms with Crippen molar-refractivity contribution in [1.29, 1.82) is 0 Å². The maximum Gasteiger partial charge on any atom is 0.389 e. The van der Waals surface area contributed by atoms with E-state index in [2.05, 4.69) is 10.6 Å². The minimum absolute atomic E-state index is 0.00833. The first-order valence-corrected chi connectivity index (χ1v) is 4.94. The van der Waals surface area contributed by atoms with Gasteiger partial charge in [0.05, 0.1) is 0 Å². The first kappa shape index (κ1) is 11.8. The molecule has 0 aromatic carbocycles. The lowest BCUT2D eigenvalue weighted by atomic mass is 10.0. The fourth-order valence-corrected chi connectivity index (χ4v) is 1.65. The molecule has 14 heavy (non-hydrogen) atoms. The van der Waals surface area contributed by atoms with Crippen molar-refractivity contribution in [3.8, 4) is 0 Å². The Labute approximate surface area is 82.2 Å².